The van der Waals surface area contributed by atoms with Crippen molar-refractivity contribution >= 4 is 0 Å². The monoisotopic (exact) mass is 210 g/mol. The Morgan fingerprint density at radius 1 is 1.33 bits per heavy atom. The van der Waals surface area contributed by atoms with Gasteiger partial charge in [-0.15, -0.1) is 0 Å². The van der Waals surface area contributed by atoms with E-state index in [4.69, 9.17) is 9.84 Å². The van der Waals surface area contributed by atoms with Crippen LogP contribution in [0.2, 0.25) is 0 Å². The molecule has 1 aromatic carbocycles. The second kappa shape index (κ2) is 6.43. The van der Waals surface area contributed by atoms with Crippen molar-refractivity contribution in [2.45, 2.75) is 25.9 Å². The summed E-state index contributed by atoms with van der Waals surface area (Å²) in [6.07, 6.45) is 0.671. The van der Waals surface area contributed by atoms with Crippen molar-refractivity contribution in [1.29, 1.82) is 0 Å². The first-order chi connectivity index (χ1) is 7.27. The molecule has 1 atom stereocenters. The number of hydrogen-bond acceptors (Lipinski definition) is 3. The number of ether oxygens (including phenoxy) is 1. The number of aliphatic hydroxyl groups excluding tert-OH is 2. The Hall–Kier alpha value is -1.06. The van der Waals surface area contributed by atoms with E-state index >= 15 is 0 Å². The molecule has 84 valence electrons. The molecule has 0 aromatic heterocycles. The fourth-order valence-electron chi connectivity index (χ4n) is 1.34. The van der Waals surface area contributed by atoms with E-state index in [2.05, 4.69) is 0 Å². The summed E-state index contributed by atoms with van der Waals surface area (Å²) in [4.78, 5) is 0. The third kappa shape index (κ3) is 3.90. The van der Waals surface area contributed by atoms with Crippen LogP contribution in [-0.2, 0) is 6.42 Å². The maximum Gasteiger partial charge on any atom is 0.122 e. The molecule has 1 aromatic rings. The lowest BCUT2D eigenvalue weighted by atomic mass is 10.1. The molecule has 0 saturated carbocycles. The van der Waals surface area contributed by atoms with Crippen LogP contribution >= 0.6 is 0 Å². The maximum atomic E-state index is 9.36. The van der Waals surface area contributed by atoms with Crippen molar-refractivity contribution in [3.05, 3.63) is 29.8 Å². The summed E-state index contributed by atoms with van der Waals surface area (Å²) >= 11 is 0. The number of aliphatic hydroxyl groups is 2. The molecule has 0 aliphatic rings. The van der Waals surface area contributed by atoms with E-state index in [1.54, 1.807) is 0 Å². The summed E-state index contributed by atoms with van der Waals surface area (Å²) in [7, 11) is 0. The second-order valence-electron chi connectivity index (χ2n) is 3.50. The first-order valence-electron chi connectivity index (χ1n) is 5.27. The van der Waals surface area contributed by atoms with Crippen molar-refractivity contribution in [3.63, 3.8) is 0 Å². The Morgan fingerprint density at radius 3 is 2.73 bits per heavy atom. The highest BCUT2D eigenvalue weighted by Gasteiger charge is 2.08. The molecule has 3 heteroatoms. The van der Waals surface area contributed by atoms with Crippen LogP contribution in [-0.4, -0.2) is 29.5 Å². The number of hydrogen-bond donors (Lipinski definition) is 2. The van der Waals surface area contributed by atoms with Crippen molar-refractivity contribution in [1.82, 2.24) is 0 Å². The van der Waals surface area contributed by atoms with E-state index in [0.717, 1.165) is 17.7 Å². The number of benzene rings is 1. The highest BCUT2D eigenvalue weighted by Crippen LogP contribution is 2.19. The number of rotatable bonds is 6. The predicted molar refractivity (Wildman–Crippen MR) is 59.0 cm³/mol. The largest absolute Gasteiger partial charge is 0.493 e. The van der Waals surface area contributed by atoms with Gasteiger partial charge >= 0.3 is 0 Å². The van der Waals surface area contributed by atoms with E-state index < -0.39 is 6.10 Å². The summed E-state index contributed by atoms with van der Waals surface area (Å²) in [5.74, 6) is 0.798. The minimum absolute atomic E-state index is 0.220. The van der Waals surface area contributed by atoms with Crippen LogP contribution in [0.3, 0.4) is 0 Å². The Morgan fingerprint density at radius 2 is 2.07 bits per heavy atom. The summed E-state index contributed by atoms with van der Waals surface area (Å²) in [6, 6.07) is 7.59. The third-order valence-electron chi connectivity index (χ3n) is 2.10. The first-order valence-corrected chi connectivity index (χ1v) is 5.27. The van der Waals surface area contributed by atoms with Crippen LogP contribution in [0.1, 0.15) is 18.9 Å². The molecule has 0 radical (unpaired) electrons. The molecule has 0 bridgehead atoms. The van der Waals surface area contributed by atoms with Crippen LogP contribution in [0.15, 0.2) is 24.3 Å². The van der Waals surface area contributed by atoms with Gasteiger partial charge in [-0.2, -0.15) is 0 Å². The summed E-state index contributed by atoms with van der Waals surface area (Å²) in [5.41, 5.74) is 0.938. The third-order valence-corrected chi connectivity index (χ3v) is 2.10. The zero-order chi connectivity index (χ0) is 11.1. The molecule has 0 fully saturated rings. The van der Waals surface area contributed by atoms with Gasteiger partial charge in [0.05, 0.1) is 19.3 Å². The first kappa shape index (κ1) is 12.0. The van der Waals surface area contributed by atoms with E-state index in [1.807, 2.05) is 31.2 Å². The molecule has 1 unspecified atom stereocenters. The van der Waals surface area contributed by atoms with Gasteiger partial charge in [-0.25, -0.2) is 0 Å². The van der Waals surface area contributed by atoms with Gasteiger partial charge in [-0.1, -0.05) is 25.1 Å². The average molecular weight is 210 g/mol. The van der Waals surface area contributed by atoms with Crippen LogP contribution in [0.4, 0.5) is 0 Å². The van der Waals surface area contributed by atoms with E-state index in [0.29, 0.717) is 13.0 Å². The second-order valence-corrected chi connectivity index (χ2v) is 3.50. The molecular weight excluding hydrogens is 192 g/mol. The molecule has 0 aliphatic carbocycles. The van der Waals surface area contributed by atoms with Crippen molar-refractivity contribution in [2.24, 2.45) is 0 Å². The highest BCUT2D eigenvalue weighted by molar-refractivity contribution is 5.33. The van der Waals surface area contributed by atoms with Gasteiger partial charge in [0.2, 0.25) is 0 Å². The highest BCUT2D eigenvalue weighted by atomic mass is 16.5. The molecule has 15 heavy (non-hydrogen) atoms. The molecule has 0 aliphatic heterocycles. The molecule has 1 rings (SSSR count). The van der Waals surface area contributed by atoms with Crippen molar-refractivity contribution in [2.75, 3.05) is 13.2 Å². The average Bonchev–Trinajstić information content (AvgIpc) is 2.28. The molecule has 0 heterocycles. The lowest BCUT2D eigenvalue weighted by Crippen LogP contribution is -2.15. The van der Waals surface area contributed by atoms with Crippen LogP contribution in [0.25, 0.3) is 0 Å². The summed E-state index contributed by atoms with van der Waals surface area (Å²) < 4.78 is 5.54. The minimum atomic E-state index is -0.712. The predicted octanol–water partition coefficient (Wildman–Crippen LogP) is 1.37. The van der Waals surface area contributed by atoms with Crippen LogP contribution in [0.5, 0.6) is 5.75 Å². The van der Waals surface area contributed by atoms with Crippen molar-refractivity contribution in [3.8, 4) is 5.75 Å². The standard InChI is InChI=1S/C12H18O3/c1-2-7-15-12-6-4-3-5-10(12)8-11(14)9-13/h3-6,11,13-14H,2,7-9H2,1H3. The molecule has 0 saturated heterocycles. The van der Waals surface area contributed by atoms with E-state index in [-0.39, 0.29) is 6.61 Å². The van der Waals surface area contributed by atoms with Crippen molar-refractivity contribution < 1.29 is 14.9 Å². The molecular formula is C12H18O3. The fraction of sp³-hybridized carbons (Fsp3) is 0.500. The minimum Gasteiger partial charge on any atom is -0.493 e. The van der Waals surface area contributed by atoms with Gasteiger partial charge in [0, 0.05) is 6.42 Å². The molecule has 0 amide bonds. The van der Waals surface area contributed by atoms with E-state index in [9.17, 15) is 5.11 Å². The zero-order valence-electron chi connectivity index (χ0n) is 9.02. The Kier molecular flexibility index (Phi) is 5.15. The molecule has 3 nitrogen and oxygen atoms in total. The SMILES string of the molecule is CCCOc1ccccc1CC(O)CO. The smallest absolute Gasteiger partial charge is 0.122 e. The van der Waals surface area contributed by atoms with Gasteiger partial charge in [0.15, 0.2) is 0 Å². The van der Waals surface area contributed by atoms with Gasteiger partial charge in [0.25, 0.3) is 0 Å². The molecule has 0 spiro atoms. The lowest BCUT2D eigenvalue weighted by Gasteiger charge is -2.12. The van der Waals surface area contributed by atoms with Gasteiger partial charge in [-0.05, 0) is 18.1 Å². The Balaban J connectivity index is 2.67. The van der Waals surface area contributed by atoms with Crippen LogP contribution < -0.4 is 4.74 Å². The number of para-hydroxylation sites is 1. The lowest BCUT2D eigenvalue weighted by molar-refractivity contribution is 0.0948. The van der Waals surface area contributed by atoms with Gasteiger partial charge in [-0.3, -0.25) is 0 Å². The maximum absolute atomic E-state index is 9.36. The summed E-state index contributed by atoms with van der Waals surface area (Å²) in [5, 5.41) is 18.1. The fourth-order valence-corrected chi connectivity index (χ4v) is 1.34. The zero-order valence-corrected chi connectivity index (χ0v) is 9.02. The van der Waals surface area contributed by atoms with E-state index in [1.165, 1.54) is 0 Å². The Labute approximate surface area is 90.3 Å². The molecule has 2 N–H and O–H groups in total. The Bertz CT molecular complexity index is 286. The quantitative estimate of drug-likeness (QED) is 0.745. The summed E-state index contributed by atoms with van der Waals surface area (Å²) in [6.45, 7) is 2.50. The van der Waals surface area contributed by atoms with Gasteiger partial charge < -0.3 is 14.9 Å². The van der Waals surface area contributed by atoms with Gasteiger partial charge in [0.1, 0.15) is 5.75 Å². The topological polar surface area (TPSA) is 49.7 Å². The van der Waals surface area contributed by atoms with Crippen LogP contribution in [0, 0.1) is 0 Å². The normalized spacial score (nSPS) is 12.5.